The highest BCUT2D eigenvalue weighted by Gasteiger charge is 2.24. The fraction of sp³-hybridized carbons (Fsp3) is 0.467. The average Bonchev–Trinajstić information content (AvgIpc) is 2.37. The van der Waals surface area contributed by atoms with Crippen LogP contribution in [0.5, 0.6) is 0 Å². The van der Waals surface area contributed by atoms with Gasteiger partial charge in [-0.15, -0.1) is 0 Å². The number of amides is 1. The van der Waals surface area contributed by atoms with E-state index in [1.807, 2.05) is 0 Å². The summed E-state index contributed by atoms with van der Waals surface area (Å²) in [6.07, 6.45) is 2.96. The van der Waals surface area contributed by atoms with Crippen molar-refractivity contribution < 1.29 is 9.18 Å². The maximum absolute atomic E-state index is 13.0. The molecule has 102 valence electrons. The Morgan fingerprint density at radius 1 is 1.37 bits per heavy atom. The maximum Gasteiger partial charge on any atom is 0.272 e. The molecule has 1 aliphatic rings. The number of pyridine rings is 1. The summed E-state index contributed by atoms with van der Waals surface area (Å²) in [7, 11) is 0. The van der Waals surface area contributed by atoms with E-state index in [1.54, 1.807) is 11.0 Å². The third-order valence-electron chi connectivity index (χ3n) is 3.39. The molecule has 2 heterocycles. The lowest BCUT2D eigenvalue weighted by Gasteiger charge is -2.32. The van der Waals surface area contributed by atoms with Crippen molar-refractivity contribution >= 4 is 5.91 Å². The Labute approximate surface area is 113 Å². The lowest BCUT2D eigenvalue weighted by Crippen LogP contribution is -2.36. The molecule has 1 aliphatic heterocycles. The number of carbonyl (C=O) groups is 1. The first-order chi connectivity index (χ1) is 8.88. The van der Waals surface area contributed by atoms with Gasteiger partial charge in [-0.05, 0) is 24.0 Å². The fourth-order valence-electron chi connectivity index (χ4n) is 2.22. The summed E-state index contributed by atoms with van der Waals surface area (Å²) < 4.78 is 13.0. The van der Waals surface area contributed by atoms with E-state index in [0.29, 0.717) is 13.1 Å². The Hall–Kier alpha value is -1.71. The van der Waals surface area contributed by atoms with Gasteiger partial charge >= 0.3 is 0 Å². The maximum atomic E-state index is 13.0. The van der Waals surface area contributed by atoms with E-state index in [0.717, 1.165) is 6.42 Å². The van der Waals surface area contributed by atoms with Crippen LogP contribution in [-0.2, 0) is 0 Å². The minimum Gasteiger partial charge on any atom is -0.333 e. The van der Waals surface area contributed by atoms with Crippen molar-refractivity contribution in [1.82, 2.24) is 9.88 Å². The molecule has 3 nitrogen and oxygen atoms in total. The van der Waals surface area contributed by atoms with Gasteiger partial charge in [0.15, 0.2) is 0 Å². The number of hydrogen-bond donors (Lipinski definition) is 0. The molecule has 0 N–H and O–H groups in total. The first-order valence-corrected chi connectivity index (χ1v) is 6.49. The van der Waals surface area contributed by atoms with E-state index in [9.17, 15) is 9.18 Å². The second kappa shape index (κ2) is 5.11. The molecule has 0 saturated heterocycles. The molecule has 4 heteroatoms. The summed E-state index contributed by atoms with van der Waals surface area (Å²) >= 11 is 0. The van der Waals surface area contributed by atoms with Crippen LogP contribution in [0, 0.1) is 11.4 Å². The lowest BCUT2D eigenvalue weighted by molar-refractivity contribution is 0.0758. The van der Waals surface area contributed by atoms with Gasteiger partial charge in [-0.3, -0.25) is 4.79 Å². The Balaban J connectivity index is 2.10. The van der Waals surface area contributed by atoms with E-state index in [1.165, 1.54) is 17.7 Å². The van der Waals surface area contributed by atoms with Crippen LogP contribution < -0.4 is 0 Å². The molecule has 0 spiro atoms. The Morgan fingerprint density at radius 2 is 2.11 bits per heavy atom. The van der Waals surface area contributed by atoms with E-state index < -0.39 is 5.95 Å². The Kier molecular flexibility index (Phi) is 3.69. The third kappa shape index (κ3) is 3.19. The van der Waals surface area contributed by atoms with Gasteiger partial charge in [-0.1, -0.05) is 38.5 Å². The van der Waals surface area contributed by atoms with Crippen molar-refractivity contribution in [2.24, 2.45) is 5.41 Å². The average molecular weight is 262 g/mol. The number of aromatic nitrogens is 1. The van der Waals surface area contributed by atoms with Crippen molar-refractivity contribution in [3.05, 3.63) is 41.5 Å². The zero-order valence-corrected chi connectivity index (χ0v) is 11.6. The van der Waals surface area contributed by atoms with E-state index in [-0.39, 0.29) is 17.0 Å². The minimum absolute atomic E-state index is 0.145. The SMILES string of the molecule is CC(C)(C)C1=CCN(C(=O)c2cccc(F)n2)CC1. The first kappa shape index (κ1) is 13.7. The number of rotatable bonds is 1. The number of halogens is 1. The predicted molar refractivity (Wildman–Crippen MR) is 72.3 cm³/mol. The summed E-state index contributed by atoms with van der Waals surface area (Å²) in [5.41, 5.74) is 1.68. The van der Waals surface area contributed by atoms with Crippen molar-refractivity contribution in [3.8, 4) is 0 Å². The summed E-state index contributed by atoms with van der Waals surface area (Å²) in [4.78, 5) is 17.5. The molecule has 0 unspecified atom stereocenters. The second-order valence-corrected chi connectivity index (χ2v) is 5.83. The zero-order chi connectivity index (χ0) is 14.0. The summed E-state index contributed by atoms with van der Waals surface area (Å²) in [6.45, 7) is 7.75. The van der Waals surface area contributed by atoms with Crippen LogP contribution >= 0.6 is 0 Å². The van der Waals surface area contributed by atoms with Crippen LogP contribution in [0.25, 0.3) is 0 Å². The molecule has 0 atom stereocenters. The molecule has 0 fully saturated rings. The van der Waals surface area contributed by atoms with Gasteiger partial charge in [0, 0.05) is 13.1 Å². The minimum atomic E-state index is -0.617. The molecule has 0 aliphatic carbocycles. The molecule has 1 aromatic heterocycles. The van der Waals surface area contributed by atoms with Gasteiger partial charge in [0.05, 0.1) is 0 Å². The largest absolute Gasteiger partial charge is 0.333 e. The number of carbonyl (C=O) groups excluding carboxylic acids is 1. The molecule has 1 amide bonds. The Bertz CT molecular complexity index is 517. The van der Waals surface area contributed by atoms with Crippen molar-refractivity contribution in [1.29, 1.82) is 0 Å². The van der Waals surface area contributed by atoms with Gasteiger partial charge < -0.3 is 4.90 Å². The summed E-state index contributed by atoms with van der Waals surface area (Å²) in [5.74, 6) is -0.822. The normalized spacial score (nSPS) is 16.2. The van der Waals surface area contributed by atoms with Crippen LogP contribution in [0.15, 0.2) is 29.8 Å². The third-order valence-corrected chi connectivity index (χ3v) is 3.39. The summed E-state index contributed by atoms with van der Waals surface area (Å²) in [5, 5.41) is 0. The molecule has 0 aromatic carbocycles. The smallest absolute Gasteiger partial charge is 0.272 e. The highest BCUT2D eigenvalue weighted by Crippen LogP contribution is 2.30. The van der Waals surface area contributed by atoms with E-state index >= 15 is 0 Å². The van der Waals surface area contributed by atoms with Gasteiger partial charge in [-0.25, -0.2) is 4.98 Å². The molecule has 0 bridgehead atoms. The van der Waals surface area contributed by atoms with Crippen LogP contribution in [0.1, 0.15) is 37.7 Å². The van der Waals surface area contributed by atoms with Crippen LogP contribution in [-0.4, -0.2) is 28.9 Å². The molecule has 0 radical (unpaired) electrons. The van der Waals surface area contributed by atoms with Crippen molar-refractivity contribution in [2.45, 2.75) is 27.2 Å². The van der Waals surface area contributed by atoms with E-state index in [4.69, 9.17) is 0 Å². The molecule has 0 saturated carbocycles. The van der Waals surface area contributed by atoms with Gasteiger partial charge in [0.2, 0.25) is 5.95 Å². The fourth-order valence-corrected chi connectivity index (χ4v) is 2.22. The van der Waals surface area contributed by atoms with Crippen LogP contribution in [0.2, 0.25) is 0 Å². The molecular formula is C15H19FN2O. The Morgan fingerprint density at radius 3 is 2.63 bits per heavy atom. The molecule has 1 aromatic rings. The van der Waals surface area contributed by atoms with Crippen molar-refractivity contribution in [3.63, 3.8) is 0 Å². The van der Waals surface area contributed by atoms with Gasteiger partial charge in [-0.2, -0.15) is 4.39 Å². The highest BCUT2D eigenvalue weighted by molar-refractivity contribution is 5.92. The topological polar surface area (TPSA) is 33.2 Å². The van der Waals surface area contributed by atoms with E-state index in [2.05, 4.69) is 31.8 Å². The first-order valence-electron chi connectivity index (χ1n) is 6.49. The monoisotopic (exact) mass is 262 g/mol. The highest BCUT2D eigenvalue weighted by atomic mass is 19.1. The number of nitrogens with zero attached hydrogens (tertiary/aromatic N) is 2. The predicted octanol–water partition coefficient (Wildman–Crippen LogP) is 3.04. The number of hydrogen-bond acceptors (Lipinski definition) is 2. The van der Waals surface area contributed by atoms with Gasteiger partial charge in [0.1, 0.15) is 5.69 Å². The second-order valence-electron chi connectivity index (χ2n) is 5.83. The van der Waals surface area contributed by atoms with Crippen LogP contribution in [0.4, 0.5) is 4.39 Å². The molecular weight excluding hydrogens is 243 g/mol. The lowest BCUT2D eigenvalue weighted by atomic mass is 9.83. The standard InChI is InChI=1S/C15H19FN2O/c1-15(2,3)11-7-9-18(10-8-11)14(19)12-5-4-6-13(16)17-12/h4-7H,8-10H2,1-3H3. The molecule has 19 heavy (non-hydrogen) atoms. The summed E-state index contributed by atoms with van der Waals surface area (Å²) in [6, 6.07) is 4.30. The van der Waals surface area contributed by atoms with Crippen LogP contribution in [0.3, 0.4) is 0 Å². The zero-order valence-electron chi connectivity index (χ0n) is 11.6. The molecule has 2 rings (SSSR count). The van der Waals surface area contributed by atoms with Crippen molar-refractivity contribution in [2.75, 3.05) is 13.1 Å². The van der Waals surface area contributed by atoms with Gasteiger partial charge in [0.25, 0.3) is 5.91 Å². The quantitative estimate of drug-likeness (QED) is 0.575.